The van der Waals surface area contributed by atoms with Gasteiger partial charge in [0.2, 0.25) is 5.91 Å². The van der Waals surface area contributed by atoms with E-state index in [1.165, 1.54) is 12.5 Å². The highest BCUT2D eigenvalue weighted by Gasteiger charge is 2.72. The first-order valence-corrected chi connectivity index (χ1v) is 14.9. The second kappa shape index (κ2) is 8.30. The molecule has 0 aromatic carbocycles. The summed E-state index contributed by atoms with van der Waals surface area (Å²) >= 11 is 0. The van der Waals surface area contributed by atoms with Crippen LogP contribution in [0, 0.1) is 40.4 Å². The molecule has 6 heteroatoms. The van der Waals surface area contributed by atoms with Gasteiger partial charge in [-0.25, -0.2) is 0 Å². The molecule has 0 radical (unpaired) electrons. The number of fused-ring (bicyclic) bond motifs is 7. The number of carbonyl (C=O) groups is 2. The smallest absolute Gasteiger partial charge is 0.302 e. The van der Waals surface area contributed by atoms with E-state index in [2.05, 4.69) is 38.7 Å². The van der Waals surface area contributed by atoms with Gasteiger partial charge < -0.3 is 19.5 Å². The van der Waals surface area contributed by atoms with Gasteiger partial charge in [0, 0.05) is 38.1 Å². The van der Waals surface area contributed by atoms with Crippen LogP contribution in [0.1, 0.15) is 99.3 Å². The van der Waals surface area contributed by atoms with Crippen LogP contribution < -0.4 is 0 Å². The fourth-order valence-electron chi connectivity index (χ4n) is 10.7. The minimum Gasteiger partial charge on any atom is -0.462 e. The number of amides is 1. The topological polar surface area (TPSA) is 76.1 Å². The summed E-state index contributed by atoms with van der Waals surface area (Å²) in [6, 6.07) is 0. The third-order valence-corrected chi connectivity index (χ3v) is 12.6. The Balaban J connectivity index is 1.29. The fraction of sp³-hybridized carbons (Fsp3) is 0.871. The van der Waals surface area contributed by atoms with Crippen molar-refractivity contribution in [1.29, 1.82) is 0 Å². The Morgan fingerprint density at radius 2 is 1.84 bits per heavy atom. The summed E-state index contributed by atoms with van der Waals surface area (Å²) in [6.07, 6.45) is 10.6. The Hall–Kier alpha value is -1.40. The van der Waals surface area contributed by atoms with Crippen LogP contribution in [-0.2, 0) is 19.1 Å². The van der Waals surface area contributed by atoms with Gasteiger partial charge in [0.15, 0.2) is 0 Å². The Kier molecular flexibility index (Phi) is 5.80. The van der Waals surface area contributed by atoms with Crippen LogP contribution >= 0.6 is 0 Å². The van der Waals surface area contributed by atoms with Gasteiger partial charge in [-0.05, 0) is 80.5 Å². The van der Waals surface area contributed by atoms with E-state index in [0.717, 1.165) is 64.3 Å². The summed E-state index contributed by atoms with van der Waals surface area (Å²) in [5.41, 5.74) is -0.0525. The molecule has 6 aliphatic rings. The van der Waals surface area contributed by atoms with Crippen LogP contribution in [-0.4, -0.2) is 52.0 Å². The number of hydrogen-bond donors (Lipinski definition) is 1. The quantitative estimate of drug-likeness (QED) is 0.384. The molecule has 1 N–H and O–H groups in total. The Morgan fingerprint density at radius 1 is 1.08 bits per heavy atom. The number of esters is 1. The average molecular weight is 514 g/mol. The normalized spacial score (nSPS) is 52.6. The van der Waals surface area contributed by atoms with Crippen molar-refractivity contribution in [1.82, 2.24) is 4.90 Å². The van der Waals surface area contributed by atoms with Crippen LogP contribution in [0.15, 0.2) is 11.6 Å². The number of nitrogens with zero attached hydrogens (tertiary/aromatic N) is 1. The molecular weight excluding hydrogens is 466 g/mol. The van der Waals surface area contributed by atoms with Gasteiger partial charge in [-0.2, -0.15) is 0 Å². The van der Waals surface area contributed by atoms with Crippen molar-refractivity contribution >= 4 is 11.9 Å². The summed E-state index contributed by atoms with van der Waals surface area (Å²) in [6.45, 7) is 13.3. The summed E-state index contributed by atoms with van der Waals surface area (Å²) in [5.74, 6) is 1.78. The summed E-state index contributed by atoms with van der Waals surface area (Å²) in [5, 5.41) is 12.5. The highest BCUT2D eigenvalue weighted by Crippen LogP contribution is 2.71. The van der Waals surface area contributed by atoms with Crippen molar-refractivity contribution in [3.8, 4) is 0 Å². The maximum atomic E-state index is 12.8. The number of aliphatic hydroxyl groups is 1. The lowest BCUT2D eigenvalue weighted by molar-refractivity contribution is -0.210. The zero-order chi connectivity index (χ0) is 26.5. The lowest BCUT2D eigenvalue weighted by Gasteiger charge is -2.63. The molecule has 4 aliphatic carbocycles. The van der Waals surface area contributed by atoms with Crippen LogP contribution in [0.4, 0.5) is 0 Å². The molecule has 11 unspecified atom stereocenters. The van der Waals surface area contributed by atoms with E-state index in [4.69, 9.17) is 9.47 Å². The van der Waals surface area contributed by atoms with Crippen molar-refractivity contribution < 1.29 is 24.2 Å². The molecule has 6 rings (SSSR count). The van der Waals surface area contributed by atoms with Gasteiger partial charge in [0.25, 0.3) is 0 Å². The Labute approximate surface area is 222 Å². The van der Waals surface area contributed by atoms with E-state index < -0.39 is 11.3 Å². The molecule has 3 saturated carbocycles. The van der Waals surface area contributed by atoms with Crippen LogP contribution in [0.2, 0.25) is 0 Å². The summed E-state index contributed by atoms with van der Waals surface area (Å²) < 4.78 is 12.6. The molecule has 11 atom stereocenters. The largest absolute Gasteiger partial charge is 0.462 e. The minimum atomic E-state index is -0.728. The van der Waals surface area contributed by atoms with Crippen molar-refractivity contribution in [3.05, 3.63) is 11.6 Å². The van der Waals surface area contributed by atoms with E-state index in [-0.39, 0.29) is 40.8 Å². The molecule has 37 heavy (non-hydrogen) atoms. The molecule has 2 heterocycles. The fourth-order valence-corrected chi connectivity index (χ4v) is 10.7. The molecule has 0 aromatic rings. The molecule has 0 bridgehead atoms. The average Bonchev–Trinajstić information content (AvgIpc) is 3.27. The summed E-state index contributed by atoms with van der Waals surface area (Å²) in [4.78, 5) is 26.4. The Morgan fingerprint density at radius 3 is 2.54 bits per heavy atom. The highest BCUT2D eigenvalue weighted by atomic mass is 16.5. The first-order chi connectivity index (χ1) is 17.4. The molecule has 206 valence electrons. The van der Waals surface area contributed by atoms with Crippen LogP contribution in [0.3, 0.4) is 0 Å². The first kappa shape index (κ1) is 25.9. The van der Waals surface area contributed by atoms with Gasteiger partial charge >= 0.3 is 5.97 Å². The van der Waals surface area contributed by atoms with Gasteiger partial charge in [0.05, 0.1) is 11.7 Å². The molecule has 0 aromatic heterocycles. The maximum absolute atomic E-state index is 12.8. The minimum absolute atomic E-state index is 0.0652. The monoisotopic (exact) mass is 513 g/mol. The van der Waals surface area contributed by atoms with Gasteiger partial charge in [0.1, 0.15) is 11.8 Å². The van der Waals surface area contributed by atoms with Crippen molar-refractivity contribution in [2.45, 2.75) is 123 Å². The first-order valence-electron chi connectivity index (χ1n) is 14.9. The number of rotatable bonds is 1. The van der Waals surface area contributed by atoms with Crippen LogP contribution in [0.5, 0.6) is 0 Å². The van der Waals surface area contributed by atoms with Crippen molar-refractivity contribution in [2.75, 3.05) is 6.54 Å². The molecular formula is C31H47NO5. The van der Waals surface area contributed by atoms with E-state index >= 15 is 0 Å². The lowest BCUT2D eigenvalue weighted by Crippen LogP contribution is -2.64. The zero-order valence-electron chi connectivity index (χ0n) is 23.7. The van der Waals surface area contributed by atoms with E-state index in [0.29, 0.717) is 23.7 Å². The second-order valence-electron chi connectivity index (χ2n) is 14.2. The molecule has 1 amide bonds. The highest BCUT2D eigenvalue weighted by molar-refractivity contribution is 5.74. The number of likely N-dealkylation sites (tertiary alicyclic amines) is 1. The number of allylic oxidation sites excluding steroid dienone is 1. The summed E-state index contributed by atoms with van der Waals surface area (Å²) in [7, 11) is 0. The zero-order valence-corrected chi connectivity index (χ0v) is 23.7. The number of piperidine rings is 1. The number of carbonyl (C=O) groups excluding carboxylic acids is 2. The van der Waals surface area contributed by atoms with E-state index in [9.17, 15) is 14.7 Å². The maximum Gasteiger partial charge on any atom is 0.302 e. The lowest BCUT2D eigenvalue weighted by atomic mass is 9.44. The van der Waals surface area contributed by atoms with Gasteiger partial charge in [-0.1, -0.05) is 39.3 Å². The second-order valence-corrected chi connectivity index (χ2v) is 14.2. The molecule has 1 spiro atoms. The van der Waals surface area contributed by atoms with Gasteiger partial charge in [-0.3, -0.25) is 9.59 Å². The molecule has 5 fully saturated rings. The van der Waals surface area contributed by atoms with Crippen molar-refractivity contribution in [3.63, 3.8) is 0 Å². The number of hydrogen-bond acceptors (Lipinski definition) is 5. The standard InChI is InChI=1S/C31H47NO5/c1-18-9-12-31(32(17-18)20(3)33)19(2)27-26(37-31)16-25-24-8-7-22-15-23(36-21(4)34)10-11-29(22,6)30(24,35)14-13-28(25,27)5/h7,18-19,23-27,35H,8-17H2,1-6H3. The van der Waals surface area contributed by atoms with Crippen LogP contribution in [0.25, 0.3) is 0 Å². The third-order valence-electron chi connectivity index (χ3n) is 12.6. The predicted molar refractivity (Wildman–Crippen MR) is 140 cm³/mol. The number of ether oxygens (including phenoxy) is 2. The van der Waals surface area contributed by atoms with Crippen molar-refractivity contribution in [2.24, 2.45) is 40.4 Å². The molecule has 2 aliphatic heterocycles. The van der Waals surface area contributed by atoms with Gasteiger partial charge in [-0.15, -0.1) is 0 Å². The third kappa shape index (κ3) is 3.36. The SMILES string of the molecule is CC(=O)OC1CCC2(C)C(=CCC3C4CC5OC6(CCC(C)CN6C(C)=O)C(C)C5C4(C)CCC32O)C1. The van der Waals surface area contributed by atoms with E-state index in [1.54, 1.807) is 6.92 Å². The van der Waals surface area contributed by atoms with E-state index in [1.807, 2.05) is 0 Å². The Bertz CT molecular complexity index is 1030. The molecule has 6 nitrogen and oxygen atoms in total. The molecule has 2 saturated heterocycles. The predicted octanol–water partition coefficient (Wildman–Crippen LogP) is 5.23.